The smallest absolute Gasteiger partial charge is 0.155 e. The lowest BCUT2D eigenvalue weighted by molar-refractivity contribution is 1.47. The molecule has 24 heavy (non-hydrogen) atoms. The van der Waals surface area contributed by atoms with Crippen molar-refractivity contribution < 1.29 is 0 Å². The van der Waals surface area contributed by atoms with Crippen LogP contribution >= 0.6 is 86.4 Å². The van der Waals surface area contributed by atoms with Crippen LogP contribution in [0.15, 0.2) is 54.3 Å². The van der Waals surface area contributed by atoms with Crippen molar-refractivity contribution in [1.82, 2.24) is 9.97 Å². The molecule has 4 rings (SSSR count). The molecule has 0 saturated carbocycles. The van der Waals surface area contributed by atoms with Crippen LogP contribution in [-0.2, 0) is 0 Å². The van der Waals surface area contributed by atoms with Crippen LogP contribution < -0.4 is 0 Å². The molecule has 0 saturated heterocycles. The Bertz CT molecular complexity index is 959. The maximum absolute atomic E-state index is 4.76. The minimum Gasteiger partial charge on any atom is -0.223 e. The van der Waals surface area contributed by atoms with E-state index in [1.807, 2.05) is 12.1 Å². The van der Waals surface area contributed by atoms with E-state index >= 15 is 0 Å². The maximum Gasteiger partial charge on any atom is 0.155 e. The molecule has 0 radical (unpaired) electrons. The highest BCUT2D eigenvalue weighted by atomic mass is 79.9. The Hall–Kier alpha value is -0.120. The van der Waals surface area contributed by atoms with Crippen molar-refractivity contribution in [3.05, 3.63) is 54.3 Å². The number of hydrogen-bond acceptors (Lipinski definition) is 4. The number of hydrogen-bond donors (Lipinski definition) is 0. The van der Waals surface area contributed by atoms with Crippen LogP contribution in [0.3, 0.4) is 0 Å². The summed E-state index contributed by atoms with van der Waals surface area (Å²) in [6, 6.07) is 12.3. The Morgan fingerprint density at radius 1 is 0.583 bits per heavy atom. The van der Waals surface area contributed by atoms with Crippen LogP contribution in [0.25, 0.3) is 30.8 Å². The first-order chi connectivity index (χ1) is 11.5. The van der Waals surface area contributed by atoms with Gasteiger partial charge in [0.25, 0.3) is 0 Å². The molecular formula is C16H6Br4N2S2. The van der Waals surface area contributed by atoms with Crippen LogP contribution in [-0.4, -0.2) is 9.97 Å². The van der Waals surface area contributed by atoms with Gasteiger partial charge in [0, 0.05) is 29.0 Å². The average molecular weight is 610 g/mol. The number of halogens is 4. The normalized spacial score (nSPS) is 11.3. The third-order valence-corrected chi connectivity index (χ3v) is 9.19. The van der Waals surface area contributed by atoms with Gasteiger partial charge in [0.1, 0.15) is 10.0 Å². The summed E-state index contributed by atoms with van der Waals surface area (Å²) in [5.41, 5.74) is 2.18. The number of thiazole rings is 2. The van der Waals surface area contributed by atoms with Gasteiger partial charge in [-0.2, -0.15) is 0 Å². The molecule has 0 aliphatic carbocycles. The zero-order valence-electron chi connectivity index (χ0n) is 11.7. The maximum atomic E-state index is 4.76. The molecule has 0 aliphatic rings. The topological polar surface area (TPSA) is 25.8 Å². The first-order valence-electron chi connectivity index (χ1n) is 6.69. The first-order valence-corrected chi connectivity index (χ1v) is 11.5. The van der Waals surface area contributed by atoms with Gasteiger partial charge in [-0.15, -0.1) is 0 Å². The van der Waals surface area contributed by atoms with Gasteiger partial charge in [-0.05, 0) is 88.0 Å². The van der Waals surface area contributed by atoms with Gasteiger partial charge in [-0.3, -0.25) is 0 Å². The Balaban J connectivity index is 1.74. The van der Waals surface area contributed by atoms with E-state index in [4.69, 9.17) is 9.97 Å². The summed E-state index contributed by atoms with van der Waals surface area (Å²) in [6.45, 7) is 0. The molecule has 0 N–H and O–H groups in total. The fraction of sp³-hybridized carbons (Fsp3) is 0. The minimum atomic E-state index is 0.975. The van der Waals surface area contributed by atoms with E-state index in [1.54, 1.807) is 22.7 Å². The number of fused-ring (bicyclic) bond motifs is 1. The van der Waals surface area contributed by atoms with Crippen LogP contribution in [0.1, 0.15) is 0 Å². The van der Waals surface area contributed by atoms with Crippen LogP contribution in [0.5, 0.6) is 0 Å². The summed E-state index contributed by atoms with van der Waals surface area (Å²) in [7, 11) is 0. The van der Waals surface area contributed by atoms with Crippen molar-refractivity contribution >= 4 is 96.1 Å². The zero-order valence-corrected chi connectivity index (χ0v) is 19.7. The number of rotatable bonds is 2. The predicted molar refractivity (Wildman–Crippen MR) is 117 cm³/mol. The lowest BCUT2D eigenvalue weighted by Crippen LogP contribution is -1.78. The highest BCUT2D eigenvalue weighted by molar-refractivity contribution is 9.13. The highest BCUT2D eigenvalue weighted by Gasteiger charge is 2.14. The number of aromatic nitrogens is 2. The fourth-order valence-corrected chi connectivity index (χ4v) is 5.43. The monoisotopic (exact) mass is 606 g/mol. The van der Waals surface area contributed by atoms with Crippen molar-refractivity contribution in [3.63, 3.8) is 0 Å². The third kappa shape index (κ3) is 3.29. The summed E-state index contributed by atoms with van der Waals surface area (Å²) in [6.07, 6.45) is 0. The lowest BCUT2D eigenvalue weighted by Gasteiger charge is -2.00. The Labute approximate surface area is 179 Å². The minimum absolute atomic E-state index is 0.975. The molecule has 8 heteroatoms. The first kappa shape index (κ1) is 17.3. The van der Waals surface area contributed by atoms with E-state index in [0.717, 1.165) is 48.7 Å². The van der Waals surface area contributed by atoms with E-state index in [-0.39, 0.29) is 0 Å². The molecule has 2 aromatic heterocycles. The molecule has 0 spiro atoms. The second kappa shape index (κ2) is 6.89. The lowest BCUT2D eigenvalue weighted by atomic mass is 10.2. The molecule has 0 atom stereocenters. The Kier molecular flexibility index (Phi) is 4.96. The van der Waals surface area contributed by atoms with E-state index in [2.05, 4.69) is 88.0 Å². The number of nitrogens with zero attached hydrogens (tertiary/aromatic N) is 2. The summed E-state index contributed by atoms with van der Waals surface area (Å²) in [5.74, 6) is 0. The van der Waals surface area contributed by atoms with Crippen molar-refractivity contribution in [1.29, 1.82) is 0 Å². The van der Waals surface area contributed by atoms with E-state index in [9.17, 15) is 0 Å². The van der Waals surface area contributed by atoms with Crippen molar-refractivity contribution in [2.24, 2.45) is 0 Å². The van der Waals surface area contributed by atoms with Crippen molar-refractivity contribution in [2.45, 2.75) is 0 Å². The molecular weight excluding hydrogens is 604 g/mol. The molecule has 4 aromatic rings. The molecule has 0 bridgehead atoms. The predicted octanol–water partition coefficient (Wildman–Crippen LogP) is 8.14. The number of benzene rings is 2. The van der Waals surface area contributed by atoms with Gasteiger partial charge in [0.05, 0.1) is 0 Å². The second-order valence-corrected chi connectivity index (χ2v) is 10.3. The zero-order chi connectivity index (χ0) is 16.8. The van der Waals surface area contributed by atoms with E-state index in [0.29, 0.717) is 0 Å². The third-order valence-electron chi connectivity index (χ3n) is 3.31. The molecule has 0 aliphatic heterocycles. The second-order valence-electron chi connectivity index (χ2n) is 4.91. The molecule has 0 fully saturated rings. The Morgan fingerprint density at radius 3 is 1.38 bits per heavy atom. The molecule has 0 unspecified atom stereocenters. The summed E-state index contributed by atoms with van der Waals surface area (Å²) >= 11 is 17.3. The molecule has 2 aromatic carbocycles. The van der Waals surface area contributed by atoms with Crippen LogP contribution in [0.4, 0.5) is 0 Å². The van der Waals surface area contributed by atoms with E-state index in [1.165, 1.54) is 0 Å². The van der Waals surface area contributed by atoms with Crippen molar-refractivity contribution in [2.75, 3.05) is 0 Å². The fourth-order valence-electron chi connectivity index (χ4n) is 2.15. The van der Waals surface area contributed by atoms with Crippen LogP contribution in [0.2, 0.25) is 0 Å². The summed E-state index contributed by atoms with van der Waals surface area (Å²) < 4.78 is 4.11. The van der Waals surface area contributed by atoms with Gasteiger partial charge in [-0.25, -0.2) is 9.97 Å². The van der Waals surface area contributed by atoms with Gasteiger partial charge in [0.15, 0.2) is 9.66 Å². The molecule has 2 heterocycles. The molecule has 0 amide bonds. The summed E-state index contributed by atoms with van der Waals surface area (Å²) in [5, 5.41) is 1.97. The van der Waals surface area contributed by atoms with Crippen LogP contribution in [0, 0.1) is 0 Å². The summed E-state index contributed by atoms with van der Waals surface area (Å²) in [4.78, 5) is 11.5. The van der Waals surface area contributed by atoms with Gasteiger partial charge >= 0.3 is 0 Å². The largest absolute Gasteiger partial charge is 0.223 e. The SMILES string of the molecule is Brc1ccc(-c2nc3sc(-c4ccc(Br)c(Br)c4)nc3s2)cc1Br. The van der Waals surface area contributed by atoms with Crippen molar-refractivity contribution in [3.8, 4) is 21.1 Å². The van der Waals surface area contributed by atoms with E-state index < -0.39 is 0 Å². The quantitative estimate of drug-likeness (QED) is 0.229. The molecule has 120 valence electrons. The van der Waals surface area contributed by atoms with Gasteiger partial charge in [0.2, 0.25) is 0 Å². The standard InChI is InChI=1S/C16H6Br4N2S2/c17-9-3-1-7(5-11(9)19)13-21-15-16(23-13)22-14(24-15)8-2-4-10(18)12(20)6-8/h1-6H. The highest BCUT2D eigenvalue weighted by Crippen LogP contribution is 2.39. The van der Waals surface area contributed by atoms with Gasteiger partial charge in [-0.1, -0.05) is 34.8 Å². The van der Waals surface area contributed by atoms with Gasteiger partial charge < -0.3 is 0 Å². The molecule has 2 nitrogen and oxygen atoms in total. The Morgan fingerprint density at radius 2 is 1.00 bits per heavy atom. The average Bonchev–Trinajstić information content (AvgIpc) is 3.11.